The van der Waals surface area contributed by atoms with Crippen molar-refractivity contribution in [1.82, 2.24) is 9.78 Å². The monoisotopic (exact) mass is 471 g/mol. The predicted molar refractivity (Wildman–Crippen MR) is 124 cm³/mol. The second-order valence-corrected chi connectivity index (χ2v) is 9.41. The van der Waals surface area contributed by atoms with Gasteiger partial charge >= 0.3 is 5.97 Å². The number of hydrogen-bond donors (Lipinski definition) is 1. The molecule has 3 atom stereocenters. The summed E-state index contributed by atoms with van der Waals surface area (Å²) in [5, 5.41) is 15.0. The molecule has 1 aliphatic heterocycles. The van der Waals surface area contributed by atoms with Crippen molar-refractivity contribution < 1.29 is 14.7 Å². The average molecular weight is 472 g/mol. The number of piperidine rings is 1. The summed E-state index contributed by atoms with van der Waals surface area (Å²) in [5.41, 5.74) is 1.35. The van der Waals surface area contributed by atoms with E-state index in [1.54, 1.807) is 54.1 Å². The Morgan fingerprint density at radius 1 is 1.16 bits per heavy atom. The first-order chi connectivity index (χ1) is 15.2. The Morgan fingerprint density at radius 3 is 2.47 bits per heavy atom. The van der Waals surface area contributed by atoms with Crippen molar-refractivity contribution in [3.8, 4) is 0 Å². The van der Waals surface area contributed by atoms with Gasteiger partial charge in [0.25, 0.3) is 0 Å². The first kappa shape index (κ1) is 22.4. The van der Waals surface area contributed by atoms with Crippen molar-refractivity contribution in [3.63, 3.8) is 0 Å². The van der Waals surface area contributed by atoms with E-state index in [0.717, 1.165) is 11.1 Å². The predicted octanol–water partition coefficient (Wildman–Crippen LogP) is 5.47. The van der Waals surface area contributed by atoms with Crippen molar-refractivity contribution in [2.75, 3.05) is 4.90 Å². The molecule has 2 unspecified atom stereocenters. The zero-order chi connectivity index (χ0) is 23.0. The molecule has 0 bridgehead atoms. The number of carboxylic acid groups (broad SMARTS) is 1. The molecule has 0 spiro atoms. The molecular weight excluding hydrogens is 449 g/mol. The number of carbonyl (C=O) groups excluding carboxylic acids is 1. The molecule has 166 valence electrons. The molecule has 1 amide bonds. The molecule has 1 aromatic heterocycles. The van der Waals surface area contributed by atoms with E-state index in [2.05, 4.69) is 5.10 Å². The lowest BCUT2D eigenvalue weighted by molar-refractivity contribution is -0.145. The molecule has 0 radical (unpaired) electrons. The SMILES string of the molecule is Cn1cc(N2C(=O)[C@@](C)(CC(=O)O)CC(c3cccc(Cl)c3)C2c2ccc(Cl)cc2)cn1. The number of carbonyl (C=O) groups is 2. The van der Waals surface area contributed by atoms with Gasteiger partial charge in [0.05, 0.1) is 29.8 Å². The zero-order valence-corrected chi connectivity index (χ0v) is 19.2. The summed E-state index contributed by atoms with van der Waals surface area (Å²) >= 11 is 12.5. The van der Waals surface area contributed by atoms with Gasteiger partial charge in [-0.15, -0.1) is 0 Å². The summed E-state index contributed by atoms with van der Waals surface area (Å²) in [6, 6.07) is 14.5. The van der Waals surface area contributed by atoms with Gasteiger partial charge in [-0.05, 0) is 41.8 Å². The number of anilines is 1. The normalized spacial score (nSPS) is 23.4. The van der Waals surface area contributed by atoms with Gasteiger partial charge in [0.1, 0.15) is 0 Å². The summed E-state index contributed by atoms with van der Waals surface area (Å²) in [6.45, 7) is 1.72. The number of rotatable bonds is 5. The number of amides is 1. The Balaban J connectivity index is 1.94. The average Bonchev–Trinajstić information content (AvgIpc) is 3.16. The zero-order valence-electron chi connectivity index (χ0n) is 17.7. The largest absolute Gasteiger partial charge is 0.481 e. The molecule has 2 aromatic carbocycles. The fraction of sp³-hybridized carbons (Fsp3) is 0.292. The van der Waals surface area contributed by atoms with Gasteiger partial charge in [0.2, 0.25) is 5.91 Å². The van der Waals surface area contributed by atoms with E-state index in [1.165, 1.54) is 0 Å². The molecule has 1 aliphatic rings. The number of carboxylic acids is 1. The van der Waals surface area contributed by atoms with E-state index >= 15 is 0 Å². The molecule has 0 aliphatic carbocycles. The highest BCUT2D eigenvalue weighted by Crippen LogP contribution is 2.52. The highest BCUT2D eigenvalue weighted by Gasteiger charge is 2.51. The van der Waals surface area contributed by atoms with Crippen LogP contribution in [0.15, 0.2) is 60.9 Å². The summed E-state index contributed by atoms with van der Waals surface area (Å²) < 4.78 is 1.62. The van der Waals surface area contributed by atoms with Gasteiger partial charge in [-0.2, -0.15) is 5.10 Å². The number of aryl methyl sites for hydroxylation is 1. The first-order valence-electron chi connectivity index (χ1n) is 10.2. The number of halogens is 2. The topological polar surface area (TPSA) is 75.4 Å². The number of nitrogens with zero attached hydrogens (tertiary/aromatic N) is 3. The summed E-state index contributed by atoms with van der Waals surface area (Å²) in [6.07, 6.45) is 3.49. The lowest BCUT2D eigenvalue weighted by Crippen LogP contribution is -2.52. The number of benzene rings is 2. The quantitative estimate of drug-likeness (QED) is 0.535. The molecule has 6 nitrogen and oxygen atoms in total. The van der Waals surface area contributed by atoms with E-state index in [1.807, 2.05) is 30.3 Å². The van der Waals surface area contributed by atoms with E-state index < -0.39 is 11.4 Å². The summed E-state index contributed by atoms with van der Waals surface area (Å²) in [5.74, 6) is -1.45. The van der Waals surface area contributed by atoms with Gasteiger partial charge < -0.3 is 10.0 Å². The summed E-state index contributed by atoms with van der Waals surface area (Å²) in [4.78, 5) is 27.3. The molecule has 0 saturated carbocycles. The van der Waals surface area contributed by atoms with Crippen LogP contribution in [0.3, 0.4) is 0 Å². The maximum atomic E-state index is 13.9. The van der Waals surface area contributed by atoms with E-state index in [-0.39, 0.29) is 24.3 Å². The second kappa shape index (κ2) is 8.60. The van der Waals surface area contributed by atoms with Gasteiger partial charge in [0.15, 0.2) is 0 Å². The number of hydrogen-bond acceptors (Lipinski definition) is 3. The Kier molecular flexibility index (Phi) is 6.01. The molecule has 1 N–H and O–H groups in total. The molecule has 1 fully saturated rings. The summed E-state index contributed by atoms with van der Waals surface area (Å²) in [7, 11) is 1.78. The van der Waals surface area contributed by atoms with Crippen LogP contribution < -0.4 is 4.90 Å². The van der Waals surface area contributed by atoms with E-state index in [9.17, 15) is 14.7 Å². The van der Waals surface area contributed by atoms with Crippen LogP contribution in [0.25, 0.3) is 0 Å². The first-order valence-corrected chi connectivity index (χ1v) is 11.0. The minimum absolute atomic E-state index is 0.197. The van der Waals surface area contributed by atoms with Crippen LogP contribution in [0.2, 0.25) is 10.0 Å². The van der Waals surface area contributed by atoms with Gasteiger partial charge in [0, 0.05) is 29.2 Å². The van der Waals surface area contributed by atoms with Crippen molar-refractivity contribution in [2.45, 2.75) is 31.7 Å². The van der Waals surface area contributed by atoms with Gasteiger partial charge in [-0.3, -0.25) is 14.3 Å². The van der Waals surface area contributed by atoms with Crippen molar-refractivity contribution in [1.29, 1.82) is 0 Å². The molecule has 1 saturated heterocycles. The van der Waals surface area contributed by atoms with Crippen molar-refractivity contribution >= 4 is 40.8 Å². The molecule has 2 heterocycles. The lowest BCUT2D eigenvalue weighted by Gasteiger charge is -2.48. The van der Waals surface area contributed by atoms with E-state index in [0.29, 0.717) is 22.2 Å². The van der Waals surface area contributed by atoms with Crippen LogP contribution in [-0.4, -0.2) is 26.8 Å². The smallest absolute Gasteiger partial charge is 0.304 e. The van der Waals surface area contributed by atoms with Gasteiger partial charge in [-0.1, -0.05) is 54.4 Å². The minimum Gasteiger partial charge on any atom is -0.481 e. The van der Waals surface area contributed by atoms with Crippen LogP contribution in [0, 0.1) is 5.41 Å². The Bertz CT molecular complexity index is 1160. The third-order valence-electron chi connectivity index (χ3n) is 6.06. The maximum Gasteiger partial charge on any atom is 0.304 e. The van der Waals surface area contributed by atoms with Gasteiger partial charge in [-0.25, -0.2) is 0 Å². The van der Waals surface area contributed by atoms with Crippen molar-refractivity contribution in [3.05, 3.63) is 82.1 Å². The molecular formula is C24H23Cl2N3O3. The van der Waals surface area contributed by atoms with Crippen LogP contribution >= 0.6 is 23.2 Å². The second-order valence-electron chi connectivity index (χ2n) is 8.54. The highest BCUT2D eigenvalue weighted by molar-refractivity contribution is 6.30. The number of aromatic nitrogens is 2. The third kappa shape index (κ3) is 4.25. The highest BCUT2D eigenvalue weighted by atomic mass is 35.5. The van der Waals surface area contributed by atoms with E-state index in [4.69, 9.17) is 23.2 Å². The van der Waals surface area contributed by atoms with Crippen LogP contribution in [-0.2, 0) is 16.6 Å². The molecule has 4 rings (SSSR count). The number of aliphatic carboxylic acids is 1. The maximum absolute atomic E-state index is 13.9. The third-order valence-corrected chi connectivity index (χ3v) is 6.55. The van der Waals surface area contributed by atoms with Crippen molar-refractivity contribution in [2.24, 2.45) is 12.5 Å². The van der Waals surface area contributed by atoms with Crippen LogP contribution in [0.5, 0.6) is 0 Å². The Morgan fingerprint density at radius 2 is 1.88 bits per heavy atom. The standard InChI is InChI=1S/C24H23Cl2N3O3/c1-24(12-21(30)31)11-20(16-4-3-5-18(26)10-16)22(15-6-8-17(25)9-7-15)29(23(24)32)19-13-27-28(2)14-19/h3-10,13-14,20,22H,11-12H2,1-2H3,(H,30,31)/t20?,22?,24-/m1/s1. The fourth-order valence-corrected chi connectivity index (χ4v) is 4.98. The fourth-order valence-electron chi connectivity index (χ4n) is 4.65. The van der Waals surface area contributed by atoms with Crippen LogP contribution in [0.1, 0.15) is 42.9 Å². The molecule has 8 heteroatoms. The van der Waals surface area contributed by atoms with Crippen LogP contribution in [0.4, 0.5) is 5.69 Å². The lowest BCUT2D eigenvalue weighted by atomic mass is 9.67. The molecule has 3 aromatic rings. The molecule has 32 heavy (non-hydrogen) atoms. The Hall–Kier alpha value is -2.83. The minimum atomic E-state index is -1.10. The Labute approximate surface area is 196 Å².